The second-order valence-electron chi connectivity index (χ2n) is 12.2. The van der Waals surface area contributed by atoms with E-state index in [1.54, 1.807) is 35.8 Å². The minimum absolute atomic E-state index is 0.129. The number of amides is 5. The zero-order chi connectivity index (χ0) is 30.0. The van der Waals surface area contributed by atoms with Crippen LogP contribution in [0.1, 0.15) is 77.2 Å². The predicted molar refractivity (Wildman–Crippen MR) is 153 cm³/mol. The number of likely N-dealkylation sites (tertiary alicyclic amines) is 1. The molecule has 3 rings (SSSR count). The first-order valence-electron chi connectivity index (χ1n) is 14.0. The number of ether oxygens (including phenoxy) is 2. The molecular weight excluding hydrogens is 514 g/mol. The van der Waals surface area contributed by atoms with Crippen LogP contribution in [0.5, 0.6) is 5.75 Å². The number of benzene rings is 1. The number of anilines is 1. The molecule has 2 aliphatic heterocycles. The SMILES string of the molecule is CNC(=O)NCCN1C(=O)C(C)(C)Oc2cc(C)c(C(=O)N(C(C)C)[C@@H]3CCCN(C(=O)OC(C)(C)C)C3)cc21. The maximum absolute atomic E-state index is 14.1. The summed E-state index contributed by atoms with van der Waals surface area (Å²) in [6, 6.07) is 2.84. The minimum Gasteiger partial charge on any atom is -0.476 e. The average molecular weight is 560 g/mol. The first-order chi connectivity index (χ1) is 18.6. The van der Waals surface area contributed by atoms with Gasteiger partial charge in [0.1, 0.15) is 11.4 Å². The van der Waals surface area contributed by atoms with Gasteiger partial charge in [0.25, 0.3) is 11.8 Å². The van der Waals surface area contributed by atoms with Gasteiger partial charge in [-0.25, -0.2) is 9.59 Å². The van der Waals surface area contributed by atoms with Crippen molar-refractivity contribution in [3.63, 3.8) is 0 Å². The van der Waals surface area contributed by atoms with E-state index in [9.17, 15) is 19.2 Å². The Hall–Kier alpha value is -3.50. The fraction of sp³-hybridized carbons (Fsp3) is 0.655. The van der Waals surface area contributed by atoms with Gasteiger partial charge in [0.2, 0.25) is 0 Å². The van der Waals surface area contributed by atoms with Crippen LogP contribution >= 0.6 is 0 Å². The maximum Gasteiger partial charge on any atom is 0.410 e. The highest BCUT2D eigenvalue weighted by Gasteiger charge is 2.42. The Morgan fingerprint density at radius 2 is 1.90 bits per heavy atom. The Kier molecular flexibility index (Phi) is 9.26. The quantitative estimate of drug-likeness (QED) is 0.549. The van der Waals surface area contributed by atoms with Crippen LogP contribution < -0.4 is 20.3 Å². The van der Waals surface area contributed by atoms with Gasteiger partial charge in [-0.1, -0.05) is 0 Å². The van der Waals surface area contributed by atoms with Gasteiger partial charge >= 0.3 is 12.1 Å². The van der Waals surface area contributed by atoms with E-state index in [2.05, 4.69) is 10.6 Å². The third kappa shape index (κ3) is 6.98. The van der Waals surface area contributed by atoms with Crippen molar-refractivity contribution in [2.24, 2.45) is 0 Å². The minimum atomic E-state index is -1.10. The van der Waals surface area contributed by atoms with E-state index >= 15 is 0 Å². The summed E-state index contributed by atoms with van der Waals surface area (Å²) in [5.74, 6) is 0.0671. The van der Waals surface area contributed by atoms with Crippen LogP contribution in [-0.2, 0) is 9.53 Å². The lowest BCUT2D eigenvalue weighted by Gasteiger charge is -2.42. The van der Waals surface area contributed by atoms with Crippen molar-refractivity contribution in [3.05, 3.63) is 23.3 Å². The first-order valence-corrected chi connectivity index (χ1v) is 14.0. The topological polar surface area (TPSA) is 121 Å². The number of carbonyl (C=O) groups is 4. The number of piperidine rings is 1. The molecule has 1 fully saturated rings. The van der Waals surface area contributed by atoms with E-state index in [1.807, 2.05) is 46.4 Å². The van der Waals surface area contributed by atoms with E-state index in [0.717, 1.165) is 18.4 Å². The van der Waals surface area contributed by atoms with Gasteiger partial charge in [-0.05, 0) is 85.9 Å². The Balaban J connectivity index is 1.92. The molecule has 0 spiro atoms. The van der Waals surface area contributed by atoms with Gasteiger partial charge < -0.3 is 34.8 Å². The number of aryl methyl sites for hydroxylation is 1. The highest BCUT2D eigenvalue weighted by atomic mass is 16.6. The molecule has 2 heterocycles. The van der Waals surface area contributed by atoms with Crippen molar-refractivity contribution >= 4 is 29.6 Å². The highest BCUT2D eigenvalue weighted by Crippen LogP contribution is 2.40. The van der Waals surface area contributed by atoms with E-state index in [4.69, 9.17) is 9.47 Å². The van der Waals surface area contributed by atoms with Gasteiger partial charge in [0.15, 0.2) is 5.60 Å². The van der Waals surface area contributed by atoms with Gasteiger partial charge in [-0.3, -0.25) is 9.59 Å². The summed E-state index contributed by atoms with van der Waals surface area (Å²) in [7, 11) is 1.52. The monoisotopic (exact) mass is 559 g/mol. The summed E-state index contributed by atoms with van der Waals surface area (Å²) in [5.41, 5.74) is -0.0345. The van der Waals surface area contributed by atoms with Crippen molar-refractivity contribution in [1.82, 2.24) is 20.4 Å². The van der Waals surface area contributed by atoms with Gasteiger partial charge in [-0.2, -0.15) is 0 Å². The maximum atomic E-state index is 14.1. The molecule has 0 bridgehead atoms. The van der Waals surface area contributed by atoms with E-state index in [-0.39, 0.29) is 49.1 Å². The second kappa shape index (κ2) is 11.9. The molecule has 11 nitrogen and oxygen atoms in total. The lowest BCUT2D eigenvalue weighted by atomic mass is 9.97. The van der Waals surface area contributed by atoms with Crippen molar-refractivity contribution in [1.29, 1.82) is 0 Å². The molecule has 1 aromatic rings. The van der Waals surface area contributed by atoms with E-state index < -0.39 is 11.2 Å². The molecule has 222 valence electrons. The average Bonchev–Trinajstić information content (AvgIpc) is 2.84. The highest BCUT2D eigenvalue weighted by molar-refractivity contribution is 6.05. The fourth-order valence-electron chi connectivity index (χ4n) is 5.17. The molecule has 1 saturated heterocycles. The number of fused-ring (bicyclic) bond motifs is 1. The zero-order valence-electron chi connectivity index (χ0n) is 25.3. The molecule has 2 N–H and O–H groups in total. The molecule has 1 aromatic carbocycles. The van der Waals surface area contributed by atoms with Crippen LogP contribution in [0.3, 0.4) is 0 Å². The molecule has 0 saturated carbocycles. The van der Waals surface area contributed by atoms with Crippen molar-refractivity contribution in [2.75, 3.05) is 38.1 Å². The normalized spacial score (nSPS) is 18.6. The number of urea groups is 1. The third-order valence-electron chi connectivity index (χ3n) is 7.03. The molecule has 0 radical (unpaired) electrons. The summed E-state index contributed by atoms with van der Waals surface area (Å²) < 4.78 is 11.6. The molecule has 5 amide bonds. The first kappa shape index (κ1) is 31.0. The summed E-state index contributed by atoms with van der Waals surface area (Å²) in [6.45, 7) is 16.1. The predicted octanol–water partition coefficient (Wildman–Crippen LogP) is 3.68. The van der Waals surface area contributed by atoms with Crippen LogP contribution in [0.2, 0.25) is 0 Å². The third-order valence-corrected chi connectivity index (χ3v) is 7.03. The zero-order valence-corrected chi connectivity index (χ0v) is 25.3. The number of rotatable bonds is 6. The van der Waals surface area contributed by atoms with Crippen LogP contribution in [0, 0.1) is 6.92 Å². The number of carbonyl (C=O) groups excluding carboxylic acids is 4. The summed E-state index contributed by atoms with van der Waals surface area (Å²) in [4.78, 5) is 57.0. The van der Waals surface area contributed by atoms with Gasteiger partial charge in [0.05, 0.1) is 11.7 Å². The summed E-state index contributed by atoms with van der Waals surface area (Å²) >= 11 is 0. The van der Waals surface area contributed by atoms with Crippen LogP contribution in [0.25, 0.3) is 0 Å². The number of hydrogen-bond acceptors (Lipinski definition) is 6. The smallest absolute Gasteiger partial charge is 0.410 e. The van der Waals surface area contributed by atoms with Crippen molar-refractivity contribution in [2.45, 2.75) is 91.5 Å². The number of nitrogens with zero attached hydrogens (tertiary/aromatic N) is 3. The fourth-order valence-corrected chi connectivity index (χ4v) is 5.17. The molecule has 11 heteroatoms. The van der Waals surface area contributed by atoms with Crippen LogP contribution in [-0.4, -0.2) is 90.3 Å². The molecule has 2 aliphatic rings. The van der Waals surface area contributed by atoms with Crippen LogP contribution in [0.15, 0.2) is 12.1 Å². The largest absolute Gasteiger partial charge is 0.476 e. The Morgan fingerprint density at radius 3 is 2.50 bits per heavy atom. The molecule has 40 heavy (non-hydrogen) atoms. The lowest BCUT2D eigenvalue weighted by molar-refractivity contribution is -0.132. The Morgan fingerprint density at radius 1 is 1.23 bits per heavy atom. The molecule has 0 aliphatic carbocycles. The van der Waals surface area contributed by atoms with Gasteiger partial charge in [-0.15, -0.1) is 0 Å². The van der Waals surface area contributed by atoms with E-state index in [0.29, 0.717) is 30.1 Å². The van der Waals surface area contributed by atoms with Crippen molar-refractivity contribution in [3.8, 4) is 5.75 Å². The Bertz CT molecular complexity index is 1140. The van der Waals surface area contributed by atoms with Gasteiger partial charge in [0, 0.05) is 44.8 Å². The molecular formula is C29H45N5O6. The summed E-state index contributed by atoms with van der Waals surface area (Å²) in [5, 5.41) is 5.20. The molecule has 0 unspecified atom stereocenters. The standard InChI is InChI=1S/C29H45N5O6/c1-18(2)34(20-11-10-13-32(17-20)27(38)40-28(4,5)6)24(35)21-16-22-23(15-19(21)3)39-29(7,8)25(36)33(22)14-12-31-26(37)30-9/h15-16,18,20H,10-14,17H2,1-9H3,(H2,30,31,37)/t20-/m1/s1. The number of nitrogens with one attached hydrogen (secondary N) is 2. The second-order valence-corrected chi connectivity index (χ2v) is 12.2. The Labute approximate surface area is 237 Å². The number of hydrogen-bond donors (Lipinski definition) is 2. The lowest BCUT2D eigenvalue weighted by Crippen LogP contribution is -2.55. The van der Waals surface area contributed by atoms with Crippen molar-refractivity contribution < 1.29 is 28.7 Å². The van der Waals surface area contributed by atoms with Crippen LogP contribution in [0.4, 0.5) is 15.3 Å². The molecule has 1 atom stereocenters. The molecule has 0 aromatic heterocycles. The van der Waals surface area contributed by atoms with E-state index in [1.165, 1.54) is 7.05 Å². The summed E-state index contributed by atoms with van der Waals surface area (Å²) in [6.07, 6.45) is 1.14.